The number of aryl methyl sites for hydroxylation is 1. The second-order valence-corrected chi connectivity index (χ2v) is 10.3. The first-order valence-corrected chi connectivity index (χ1v) is 13.1. The molecule has 0 spiro atoms. The van der Waals surface area contributed by atoms with Gasteiger partial charge in [-0.05, 0) is 62.3 Å². The number of amides is 3. The quantitative estimate of drug-likeness (QED) is 0.531. The number of hydrogen-bond donors (Lipinski definition) is 3. The summed E-state index contributed by atoms with van der Waals surface area (Å²) in [4.78, 5) is 41.8. The minimum Gasteiger partial charge on any atom is -0.347 e. The zero-order valence-corrected chi connectivity index (χ0v) is 21.5. The first-order chi connectivity index (χ1) is 17.4. The number of carbonyl (C=O) groups excluding carboxylic acids is 3. The Labute approximate surface area is 214 Å². The van der Waals surface area contributed by atoms with Crippen molar-refractivity contribution in [2.45, 2.75) is 70.1 Å². The highest BCUT2D eigenvalue weighted by molar-refractivity contribution is 5.93. The molecule has 192 valence electrons. The van der Waals surface area contributed by atoms with Crippen LogP contribution in [0.2, 0.25) is 0 Å². The van der Waals surface area contributed by atoms with Gasteiger partial charge in [-0.1, -0.05) is 61.5 Å². The Hall–Kier alpha value is -3.19. The smallest absolute Gasteiger partial charge is 0.246 e. The Morgan fingerprint density at radius 3 is 2.53 bits per heavy atom. The highest BCUT2D eigenvalue weighted by Crippen LogP contribution is 2.31. The summed E-state index contributed by atoms with van der Waals surface area (Å²) >= 11 is 0. The molecule has 2 aliphatic rings. The molecule has 0 aromatic heterocycles. The molecule has 0 saturated carbocycles. The van der Waals surface area contributed by atoms with Crippen molar-refractivity contribution in [2.24, 2.45) is 5.92 Å². The topological polar surface area (TPSA) is 90.5 Å². The van der Waals surface area contributed by atoms with Gasteiger partial charge in [-0.15, -0.1) is 0 Å². The third kappa shape index (κ3) is 5.95. The molecule has 0 unspecified atom stereocenters. The second kappa shape index (κ2) is 11.7. The number of fused-ring (bicyclic) bond motifs is 1. The SMILES string of the molecule is CN[C@@H](C)C(=O)N[C@@H](Cc1ccccc1)C(=O)N1C[C@@H](C)C[C@H]1C(=O)N[C@@H]1CCCc2ccccc21. The van der Waals surface area contributed by atoms with Gasteiger partial charge in [-0.2, -0.15) is 0 Å². The van der Waals surface area contributed by atoms with Crippen LogP contribution in [0.25, 0.3) is 0 Å². The molecule has 2 aromatic rings. The van der Waals surface area contributed by atoms with Gasteiger partial charge in [0.05, 0.1) is 12.1 Å². The van der Waals surface area contributed by atoms with Crippen molar-refractivity contribution < 1.29 is 14.4 Å². The predicted molar refractivity (Wildman–Crippen MR) is 140 cm³/mol. The molecule has 1 aliphatic carbocycles. The summed E-state index contributed by atoms with van der Waals surface area (Å²) in [6, 6.07) is 16.2. The van der Waals surface area contributed by atoms with Gasteiger partial charge in [0, 0.05) is 13.0 Å². The largest absolute Gasteiger partial charge is 0.347 e. The molecule has 0 radical (unpaired) electrons. The van der Waals surface area contributed by atoms with Crippen molar-refractivity contribution >= 4 is 17.7 Å². The fourth-order valence-corrected chi connectivity index (χ4v) is 5.39. The Morgan fingerprint density at radius 2 is 1.78 bits per heavy atom. The van der Waals surface area contributed by atoms with Gasteiger partial charge < -0.3 is 20.9 Å². The minimum absolute atomic E-state index is 0.0356. The lowest BCUT2D eigenvalue weighted by molar-refractivity contribution is -0.141. The van der Waals surface area contributed by atoms with Crippen LogP contribution in [0.1, 0.15) is 55.8 Å². The van der Waals surface area contributed by atoms with Crippen LogP contribution in [0.5, 0.6) is 0 Å². The number of hydrogen-bond acceptors (Lipinski definition) is 4. The number of rotatable bonds is 8. The summed E-state index contributed by atoms with van der Waals surface area (Å²) in [5, 5.41) is 9.12. The molecule has 36 heavy (non-hydrogen) atoms. The third-order valence-corrected chi connectivity index (χ3v) is 7.51. The summed E-state index contributed by atoms with van der Waals surface area (Å²) in [6.45, 7) is 4.33. The van der Waals surface area contributed by atoms with Gasteiger partial charge in [-0.3, -0.25) is 14.4 Å². The molecular weight excluding hydrogens is 452 g/mol. The van der Waals surface area contributed by atoms with Gasteiger partial charge >= 0.3 is 0 Å². The van der Waals surface area contributed by atoms with Crippen LogP contribution < -0.4 is 16.0 Å². The van der Waals surface area contributed by atoms with E-state index in [1.165, 1.54) is 11.1 Å². The van der Waals surface area contributed by atoms with Crippen LogP contribution in [0, 0.1) is 5.92 Å². The average molecular weight is 491 g/mol. The molecule has 3 N–H and O–H groups in total. The third-order valence-electron chi connectivity index (χ3n) is 7.51. The number of likely N-dealkylation sites (N-methyl/N-ethyl adjacent to an activating group) is 1. The predicted octanol–water partition coefficient (Wildman–Crippen LogP) is 2.75. The Balaban J connectivity index is 1.52. The lowest BCUT2D eigenvalue weighted by Gasteiger charge is -2.32. The van der Waals surface area contributed by atoms with Gasteiger partial charge in [0.15, 0.2) is 0 Å². The highest BCUT2D eigenvalue weighted by atomic mass is 16.2. The van der Waals surface area contributed by atoms with Crippen molar-refractivity contribution in [1.29, 1.82) is 0 Å². The van der Waals surface area contributed by atoms with E-state index in [9.17, 15) is 14.4 Å². The molecule has 1 aliphatic heterocycles. The van der Waals surface area contributed by atoms with Crippen molar-refractivity contribution in [3.05, 3.63) is 71.3 Å². The normalized spacial score (nSPS) is 22.9. The van der Waals surface area contributed by atoms with E-state index in [1.54, 1.807) is 18.9 Å². The lowest BCUT2D eigenvalue weighted by atomic mass is 9.87. The van der Waals surface area contributed by atoms with Gasteiger partial charge in [-0.25, -0.2) is 0 Å². The Bertz CT molecular complexity index is 1070. The molecule has 7 heteroatoms. The van der Waals surface area contributed by atoms with Gasteiger partial charge in [0.1, 0.15) is 12.1 Å². The molecule has 5 atom stereocenters. The van der Waals surface area contributed by atoms with Crippen LogP contribution in [-0.2, 0) is 27.2 Å². The van der Waals surface area contributed by atoms with E-state index in [4.69, 9.17) is 0 Å². The highest BCUT2D eigenvalue weighted by Gasteiger charge is 2.41. The number of carbonyl (C=O) groups is 3. The number of nitrogens with zero attached hydrogens (tertiary/aromatic N) is 1. The van der Waals surface area contributed by atoms with E-state index in [2.05, 4.69) is 35.0 Å². The standard InChI is InChI=1S/C29H38N4O3/c1-19-16-26(28(35)31-24-15-9-13-22-12-7-8-14-23(22)24)33(18-19)29(36)25(32-27(34)20(2)30-3)17-21-10-5-4-6-11-21/h4-8,10-12,14,19-20,24-26,30H,9,13,15-18H2,1-3H3,(H,31,35)(H,32,34)/t19-,20-,24+,25-,26-/m0/s1. The maximum atomic E-state index is 13.9. The van der Waals surface area contributed by atoms with Crippen LogP contribution in [0.15, 0.2) is 54.6 Å². The molecule has 1 fully saturated rings. The fourth-order valence-electron chi connectivity index (χ4n) is 5.39. The van der Waals surface area contributed by atoms with Gasteiger partial charge in [0.25, 0.3) is 0 Å². The summed E-state index contributed by atoms with van der Waals surface area (Å²) in [7, 11) is 1.71. The molecule has 1 heterocycles. The summed E-state index contributed by atoms with van der Waals surface area (Å²) < 4.78 is 0. The first kappa shape index (κ1) is 25.9. The number of likely N-dealkylation sites (tertiary alicyclic amines) is 1. The molecule has 2 aromatic carbocycles. The number of benzene rings is 2. The van der Waals surface area contributed by atoms with Crippen LogP contribution in [0.4, 0.5) is 0 Å². The maximum Gasteiger partial charge on any atom is 0.246 e. The minimum atomic E-state index is -0.744. The van der Waals surface area contributed by atoms with E-state index in [1.807, 2.05) is 42.5 Å². The van der Waals surface area contributed by atoms with Crippen molar-refractivity contribution in [1.82, 2.24) is 20.9 Å². The Kier molecular flexibility index (Phi) is 8.41. The lowest BCUT2D eigenvalue weighted by Crippen LogP contribution is -2.56. The Morgan fingerprint density at radius 1 is 1.06 bits per heavy atom. The van der Waals surface area contributed by atoms with Gasteiger partial charge in [0.2, 0.25) is 17.7 Å². The van der Waals surface area contributed by atoms with E-state index in [-0.39, 0.29) is 29.7 Å². The van der Waals surface area contributed by atoms with E-state index in [0.717, 1.165) is 24.8 Å². The van der Waals surface area contributed by atoms with Crippen molar-refractivity contribution in [2.75, 3.05) is 13.6 Å². The second-order valence-electron chi connectivity index (χ2n) is 10.3. The maximum absolute atomic E-state index is 13.9. The van der Waals surface area contributed by atoms with Crippen LogP contribution in [-0.4, -0.2) is 54.3 Å². The number of nitrogens with one attached hydrogen (secondary N) is 3. The van der Waals surface area contributed by atoms with Crippen molar-refractivity contribution in [3.63, 3.8) is 0 Å². The molecule has 4 rings (SSSR count). The molecule has 7 nitrogen and oxygen atoms in total. The molecule has 3 amide bonds. The van der Waals surface area contributed by atoms with E-state index in [0.29, 0.717) is 19.4 Å². The zero-order valence-electron chi connectivity index (χ0n) is 21.5. The first-order valence-electron chi connectivity index (χ1n) is 13.1. The molecule has 0 bridgehead atoms. The van der Waals surface area contributed by atoms with E-state index >= 15 is 0 Å². The fraction of sp³-hybridized carbons (Fsp3) is 0.483. The van der Waals surface area contributed by atoms with Crippen LogP contribution in [0.3, 0.4) is 0 Å². The monoisotopic (exact) mass is 490 g/mol. The average Bonchev–Trinajstić information content (AvgIpc) is 3.30. The van der Waals surface area contributed by atoms with Crippen LogP contribution >= 0.6 is 0 Å². The zero-order chi connectivity index (χ0) is 25.7. The summed E-state index contributed by atoms with van der Waals surface area (Å²) in [5.74, 6) is -0.349. The molecular formula is C29H38N4O3. The molecule has 1 saturated heterocycles. The van der Waals surface area contributed by atoms with E-state index < -0.39 is 18.1 Å². The van der Waals surface area contributed by atoms with Crippen molar-refractivity contribution in [3.8, 4) is 0 Å². The summed E-state index contributed by atoms with van der Waals surface area (Å²) in [5.41, 5.74) is 3.42. The summed E-state index contributed by atoms with van der Waals surface area (Å²) in [6.07, 6.45) is 3.94.